The summed E-state index contributed by atoms with van der Waals surface area (Å²) in [5, 5.41) is 4.13. The maximum atomic E-state index is 11.2. The van der Waals surface area contributed by atoms with Crippen LogP contribution in [0, 0.1) is 0 Å². The molecule has 1 amide bonds. The Kier molecular flexibility index (Phi) is 3.57. The third-order valence-electron chi connectivity index (χ3n) is 2.53. The van der Waals surface area contributed by atoms with E-state index in [1.54, 1.807) is 10.9 Å². The van der Waals surface area contributed by atoms with Gasteiger partial charge in [-0.2, -0.15) is 5.10 Å². The Morgan fingerprint density at radius 2 is 2.56 bits per heavy atom. The first kappa shape index (κ1) is 11.6. The molecule has 1 aromatic heterocycles. The molecule has 0 aliphatic carbocycles. The number of hydrazine groups is 1. The van der Waals surface area contributed by atoms with Crippen molar-refractivity contribution >= 4 is 21.8 Å². The average molecular weight is 289 g/mol. The van der Waals surface area contributed by atoms with E-state index in [4.69, 9.17) is 10.6 Å². The molecule has 0 bridgehead atoms. The molecule has 88 valence electrons. The number of hydrogen-bond donors (Lipinski definition) is 2. The third kappa shape index (κ3) is 2.60. The molecule has 7 heteroatoms. The highest BCUT2D eigenvalue weighted by atomic mass is 79.9. The van der Waals surface area contributed by atoms with Crippen molar-refractivity contribution in [3.63, 3.8) is 0 Å². The Hall–Kier alpha value is -0.920. The van der Waals surface area contributed by atoms with Crippen molar-refractivity contribution in [3.05, 3.63) is 16.9 Å². The van der Waals surface area contributed by atoms with Crippen LogP contribution in [0.3, 0.4) is 0 Å². The minimum Gasteiger partial charge on any atom is -0.363 e. The lowest BCUT2D eigenvalue weighted by molar-refractivity contribution is -0.132. The monoisotopic (exact) mass is 288 g/mol. The second-order valence-corrected chi connectivity index (χ2v) is 4.63. The van der Waals surface area contributed by atoms with Crippen LogP contribution in [0.5, 0.6) is 0 Å². The highest BCUT2D eigenvalue weighted by Gasteiger charge is 2.30. The van der Waals surface area contributed by atoms with E-state index in [0.29, 0.717) is 13.0 Å². The lowest BCUT2D eigenvalue weighted by atomic mass is 10.2. The van der Waals surface area contributed by atoms with Gasteiger partial charge in [-0.3, -0.25) is 14.9 Å². The summed E-state index contributed by atoms with van der Waals surface area (Å²) in [7, 11) is 0. The fraction of sp³-hybridized carbons (Fsp3) is 0.556. The van der Waals surface area contributed by atoms with Crippen LogP contribution in [0.4, 0.5) is 0 Å². The van der Waals surface area contributed by atoms with Gasteiger partial charge in [-0.05, 0) is 28.8 Å². The maximum Gasteiger partial charge on any atom is 0.263 e. The van der Waals surface area contributed by atoms with E-state index in [1.807, 2.05) is 6.20 Å². The minimum atomic E-state index is -0.422. The Morgan fingerprint density at radius 1 is 1.75 bits per heavy atom. The van der Waals surface area contributed by atoms with Gasteiger partial charge in [0, 0.05) is 6.20 Å². The first-order valence-electron chi connectivity index (χ1n) is 5.03. The maximum absolute atomic E-state index is 11.2. The fourth-order valence-corrected chi connectivity index (χ4v) is 2.10. The Bertz CT molecular complexity index is 381. The van der Waals surface area contributed by atoms with Crippen molar-refractivity contribution in [2.24, 2.45) is 5.84 Å². The second kappa shape index (κ2) is 4.94. The number of carbonyl (C=O) groups is 1. The Balaban J connectivity index is 1.87. The molecule has 16 heavy (non-hydrogen) atoms. The van der Waals surface area contributed by atoms with Crippen LogP contribution in [0.2, 0.25) is 0 Å². The highest BCUT2D eigenvalue weighted by molar-refractivity contribution is 9.10. The molecule has 0 spiro atoms. The molecule has 2 unspecified atom stereocenters. The van der Waals surface area contributed by atoms with Crippen LogP contribution in [0.15, 0.2) is 16.9 Å². The topological polar surface area (TPSA) is 82.2 Å². The molecule has 1 fully saturated rings. The molecular weight excluding hydrogens is 276 g/mol. The smallest absolute Gasteiger partial charge is 0.263 e. The summed E-state index contributed by atoms with van der Waals surface area (Å²) in [4.78, 5) is 11.2. The number of hydrogen-bond acceptors (Lipinski definition) is 4. The number of halogens is 1. The van der Waals surface area contributed by atoms with Gasteiger partial charge in [-0.1, -0.05) is 0 Å². The van der Waals surface area contributed by atoms with Crippen molar-refractivity contribution < 1.29 is 9.53 Å². The Labute approximate surface area is 101 Å². The zero-order chi connectivity index (χ0) is 11.5. The van der Waals surface area contributed by atoms with Gasteiger partial charge >= 0.3 is 0 Å². The van der Waals surface area contributed by atoms with Crippen molar-refractivity contribution in [1.29, 1.82) is 0 Å². The number of nitrogens with zero attached hydrogens (tertiary/aromatic N) is 2. The van der Waals surface area contributed by atoms with Crippen molar-refractivity contribution in [2.45, 2.75) is 31.6 Å². The predicted octanol–water partition coefficient (Wildman–Crippen LogP) is 0.183. The summed E-state index contributed by atoms with van der Waals surface area (Å²) < 4.78 is 8.28. The van der Waals surface area contributed by atoms with Crippen LogP contribution in [0.25, 0.3) is 0 Å². The standard InChI is InChI=1S/C9H13BrN4O2/c10-6-3-12-14(4-6)5-7-1-2-8(16-7)9(15)13-11/h3-4,7-8H,1-2,5,11H2,(H,13,15). The average Bonchev–Trinajstić information content (AvgIpc) is 2.87. The fourth-order valence-electron chi connectivity index (χ4n) is 1.77. The number of nitrogens with two attached hydrogens (primary N) is 1. The summed E-state index contributed by atoms with van der Waals surface area (Å²) in [5.74, 6) is 4.79. The SMILES string of the molecule is NNC(=O)C1CCC(Cn2cc(Br)cn2)O1. The predicted molar refractivity (Wildman–Crippen MR) is 60.2 cm³/mol. The van der Waals surface area contributed by atoms with Gasteiger partial charge in [0.15, 0.2) is 0 Å². The van der Waals surface area contributed by atoms with Gasteiger partial charge in [-0.15, -0.1) is 0 Å². The molecule has 2 atom stereocenters. The third-order valence-corrected chi connectivity index (χ3v) is 2.94. The van der Waals surface area contributed by atoms with Crippen molar-refractivity contribution in [1.82, 2.24) is 15.2 Å². The van der Waals surface area contributed by atoms with E-state index in [2.05, 4.69) is 26.5 Å². The molecule has 2 heterocycles. The summed E-state index contributed by atoms with van der Waals surface area (Å²) in [6.45, 7) is 0.653. The highest BCUT2D eigenvalue weighted by Crippen LogP contribution is 2.21. The van der Waals surface area contributed by atoms with E-state index < -0.39 is 6.10 Å². The zero-order valence-electron chi connectivity index (χ0n) is 8.60. The molecule has 1 aliphatic rings. The van der Waals surface area contributed by atoms with Crippen LogP contribution in [0.1, 0.15) is 12.8 Å². The summed E-state index contributed by atoms with van der Waals surface area (Å²) in [5.41, 5.74) is 2.10. The van der Waals surface area contributed by atoms with E-state index >= 15 is 0 Å². The molecule has 1 saturated heterocycles. The largest absolute Gasteiger partial charge is 0.363 e. The van der Waals surface area contributed by atoms with Gasteiger partial charge in [0.1, 0.15) is 6.10 Å². The summed E-state index contributed by atoms with van der Waals surface area (Å²) >= 11 is 3.32. The number of ether oxygens (including phenoxy) is 1. The first-order chi connectivity index (χ1) is 7.69. The summed E-state index contributed by atoms with van der Waals surface area (Å²) in [6, 6.07) is 0. The number of rotatable bonds is 3. The van der Waals surface area contributed by atoms with Gasteiger partial charge in [-0.25, -0.2) is 5.84 Å². The van der Waals surface area contributed by atoms with E-state index in [1.165, 1.54) is 0 Å². The van der Waals surface area contributed by atoms with Gasteiger partial charge in [0.25, 0.3) is 5.91 Å². The van der Waals surface area contributed by atoms with Gasteiger partial charge in [0.05, 0.1) is 23.3 Å². The van der Waals surface area contributed by atoms with Gasteiger partial charge < -0.3 is 4.74 Å². The molecule has 3 N–H and O–H groups in total. The van der Waals surface area contributed by atoms with Crippen LogP contribution in [-0.4, -0.2) is 27.9 Å². The van der Waals surface area contributed by atoms with Crippen LogP contribution >= 0.6 is 15.9 Å². The second-order valence-electron chi connectivity index (χ2n) is 3.71. The normalized spacial score (nSPS) is 24.6. The molecular formula is C9H13BrN4O2. The molecule has 0 radical (unpaired) electrons. The lowest BCUT2D eigenvalue weighted by Gasteiger charge is -2.12. The molecule has 2 rings (SSSR count). The van der Waals surface area contributed by atoms with Crippen LogP contribution < -0.4 is 11.3 Å². The molecule has 0 saturated carbocycles. The number of amides is 1. The van der Waals surface area contributed by atoms with Crippen molar-refractivity contribution in [3.8, 4) is 0 Å². The number of aromatic nitrogens is 2. The Morgan fingerprint density at radius 3 is 3.19 bits per heavy atom. The molecule has 0 aromatic carbocycles. The van der Waals surface area contributed by atoms with Crippen LogP contribution in [-0.2, 0) is 16.1 Å². The first-order valence-corrected chi connectivity index (χ1v) is 5.82. The van der Waals surface area contributed by atoms with E-state index in [0.717, 1.165) is 10.9 Å². The van der Waals surface area contributed by atoms with E-state index in [-0.39, 0.29) is 12.0 Å². The minimum absolute atomic E-state index is 0.0223. The summed E-state index contributed by atoms with van der Waals surface area (Å²) in [6.07, 6.45) is 4.74. The number of carbonyl (C=O) groups excluding carboxylic acids is 1. The van der Waals surface area contributed by atoms with E-state index in [9.17, 15) is 4.79 Å². The zero-order valence-corrected chi connectivity index (χ0v) is 10.2. The number of nitrogens with one attached hydrogen (secondary N) is 1. The molecule has 1 aliphatic heterocycles. The molecule has 1 aromatic rings. The van der Waals surface area contributed by atoms with Crippen molar-refractivity contribution in [2.75, 3.05) is 0 Å². The molecule has 6 nitrogen and oxygen atoms in total. The quantitative estimate of drug-likeness (QED) is 0.472. The lowest BCUT2D eigenvalue weighted by Crippen LogP contribution is -2.39. The van der Waals surface area contributed by atoms with Gasteiger partial charge in [0.2, 0.25) is 0 Å².